The molecule has 0 fully saturated rings. The largest absolute Gasteiger partial charge is 0.449 e. The van der Waals surface area contributed by atoms with Crippen molar-refractivity contribution in [2.24, 2.45) is 0 Å². The number of fused-ring (bicyclic) bond motifs is 1. The van der Waals surface area contributed by atoms with E-state index in [1.54, 1.807) is 25.1 Å². The van der Waals surface area contributed by atoms with Crippen molar-refractivity contribution >= 4 is 28.6 Å². The second-order valence-electron chi connectivity index (χ2n) is 6.69. The van der Waals surface area contributed by atoms with Gasteiger partial charge in [0.25, 0.3) is 5.91 Å². The Kier molecular flexibility index (Phi) is 5.68. The summed E-state index contributed by atoms with van der Waals surface area (Å²) in [5, 5.41) is 2.75. The fourth-order valence-corrected chi connectivity index (χ4v) is 2.71. The van der Waals surface area contributed by atoms with Crippen molar-refractivity contribution in [3.8, 4) is 0 Å². The van der Waals surface area contributed by atoms with Crippen molar-refractivity contribution in [1.82, 2.24) is 9.97 Å². The van der Waals surface area contributed by atoms with Gasteiger partial charge in [-0.1, -0.05) is 19.1 Å². The molecular weight excluding hydrogens is 354 g/mol. The normalized spacial score (nSPS) is 11.9. The van der Waals surface area contributed by atoms with E-state index in [9.17, 15) is 9.59 Å². The van der Waals surface area contributed by atoms with Gasteiger partial charge < -0.3 is 10.1 Å². The maximum absolute atomic E-state index is 12.4. The van der Waals surface area contributed by atoms with E-state index in [2.05, 4.69) is 22.2 Å². The van der Waals surface area contributed by atoms with Gasteiger partial charge in [-0.2, -0.15) is 0 Å². The summed E-state index contributed by atoms with van der Waals surface area (Å²) in [6, 6.07) is 12.5. The van der Waals surface area contributed by atoms with E-state index in [1.165, 1.54) is 5.56 Å². The molecule has 1 amide bonds. The predicted octanol–water partition coefficient (Wildman–Crippen LogP) is 3.99. The highest BCUT2D eigenvalue weighted by Gasteiger charge is 2.19. The third-order valence-electron chi connectivity index (χ3n) is 4.59. The van der Waals surface area contributed by atoms with Gasteiger partial charge in [-0.25, -0.2) is 14.8 Å². The van der Waals surface area contributed by atoms with Crippen molar-refractivity contribution in [2.45, 2.75) is 40.2 Å². The predicted molar refractivity (Wildman–Crippen MR) is 108 cm³/mol. The third-order valence-corrected chi connectivity index (χ3v) is 4.59. The first-order chi connectivity index (χ1) is 13.4. The molecule has 0 aliphatic rings. The van der Waals surface area contributed by atoms with Crippen molar-refractivity contribution < 1.29 is 14.3 Å². The number of nitrogens with zero attached hydrogens (tertiary/aromatic N) is 2. The summed E-state index contributed by atoms with van der Waals surface area (Å²) in [7, 11) is 0. The van der Waals surface area contributed by atoms with Crippen molar-refractivity contribution in [2.75, 3.05) is 5.32 Å². The smallest absolute Gasteiger partial charge is 0.338 e. The van der Waals surface area contributed by atoms with Crippen LogP contribution in [0.25, 0.3) is 11.0 Å². The van der Waals surface area contributed by atoms with Crippen LogP contribution in [-0.2, 0) is 16.0 Å². The summed E-state index contributed by atoms with van der Waals surface area (Å²) in [5.41, 5.74) is 5.16. The summed E-state index contributed by atoms with van der Waals surface area (Å²) in [6.45, 7) is 7.37. The number of nitrogens with one attached hydrogen (secondary N) is 1. The first kappa shape index (κ1) is 19.5. The number of hydrogen-bond donors (Lipinski definition) is 1. The van der Waals surface area contributed by atoms with Gasteiger partial charge in [0.2, 0.25) is 0 Å². The van der Waals surface area contributed by atoms with Crippen LogP contribution in [0.4, 0.5) is 5.69 Å². The molecular formula is C22H23N3O3. The lowest BCUT2D eigenvalue weighted by atomic mass is 10.1. The van der Waals surface area contributed by atoms with E-state index in [-0.39, 0.29) is 5.91 Å². The maximum atomic E-state index is 12.4. The number of carbonyl (C=O) groups is 2. The van der Waals surface area contributed by atoms with E-state index in [1.807, 2.05) is 38.1 Å². The Morgan fingerprint density at radius 3 is 2.29 bits per heavy atom. The van der Waals surface area contributed by atoms with Crippen LogP contribution in [0.1, 0.15) is 41.2 Å². The fraction of sp³-hybridized carbons (Fsp3) is 0.273. The second kappa shape index (κ2) is 8.17. The zero-order valence-corrected chi connectivity index (χ0v) is 16.4. The van der Waals surface area contributed by atoms with E-state index in [0.29, 0.717) is 22.3 Å². The number of esters is 1. The fourth-order valence-electron chi connectivity index (χ4n) is 2.71. The molecule has 0 saturated carbocycles. The highest BCUT2D eigenvalue weighted by atomic mass is 16.5. The second-order valence-corrected chi connectivity index (χ2v) is 6.69. The molecule has 0 aliphatic heterocycles. The molecule has 6 nitrogen and oxygen atoms in total. The molecule has 3 rings (SSSR count). The number of carbonyl (C=O) groups excluding carboxylic acids is 2. The Morgan fingerprint density at radius 2 is 1.64 bits per heavy atom. The molecule has 0 spiro atoms. The summed E-state index contributed by atoms with van der Waals surface area (Å²) in [4.78, 5) is 33.7. The monoisotopic (exact) mass is 377 g/mol. The van der Waals surface area contributed by atoms with Crippen LogP contribution in [0.3, 0.4) is 0 Å². The molecule has 1 heterocycles. The Balaban J connectivity index is 1.68. The summed E-state index contributed by atoms with van der Waals surface area (Å²) >= 11 is 0. The Morgan fingerprint density at radius 1 is 1.00 bits per heavy atom. The van der Waals surface area contributed by atoms with Gasteiger partial charge in [-0.05, 0) is 63.1 Å². The first-order valence-corrected chi connectivity index (χ1v) is 9.23. The number of ether oxygens (including phenoxy) is 1. The quantitative estimate of drug-likeness (QED) is 0.680. The Bertz CT molecular complexity index is 1030. The van der Waals surface area contributed by atoms with Gasteiger partial charge in [0, 0.05) is 5.69 Å². The van der Waals surface area contributed by atoms with Gasteiger partial charge >= 0.3 is 5.97 Å². The number of amides is 1. The number of aromatic nitrogens is 2. The number of hydrogen-bond acceptors (Lipinski definition) is 5. The Hall–Kier alpha value is -3.28. The average molecular weight is 377 g/mol. The molecule has 3 aromatic rings. The molecule has 1 atom stereocenters. The van der Waals surface area contributed by atoms with Gasteiger partial charge in [-0.15, -0.1) is 0 Å². The van der Waals surface area contributed by atoms with Crippen LogP contribution in [0.5, 0.6) is 0 Å². The van der Waals surface area contributed by atoms with Crippen LogP contribution in [0, 0.1) is 13.8 Å². The average Bonchev–Trinajstić information content (AvgIpc) is 2.69. The van der Waals surface area contributed by atoms with Crippen molar-refractivity contribution in [3.63, 3.8) is 0 Å². The molecule has 28 heavy (non-hydrogen) atoms. The molecule has 1 aromatic heterocycles. The molecule has 0 saturated heterocycles. The van der Waals surface area contributed by atoms with Crippen LogP contribution in [0.15, 0.2) is 42.5 Å². The number of benzene rings is 2. The summed E-state index contributed by atoms with van der Waals surface area (Å²) in [6.07, 6.45) is -0.00261. The lowest BCUT2D eigenvalue weighted by Crippen LogP contribution is -2.30. The van der Waals surface area contributed by atoms with E-state index in [0.717, 1.165) is 17.8 Å². The molecule has 1 N–H and O–H groups in total. The first-order valence-electron chi connectivity index (χ1n) is 9.23. The zero-order chi connectivity index (χ0) is 20.3. The lowest BCUT2D eigenvalue weighted by molar-refractivity contribution is -0.123. The number of anilines is 1. The van der Waals surface area contributed by atoms with Crippen molar-refractivity contribution in [1.29, 1.82) is 0 Å². The van der Waals surface area contributed by atoms with E-state index < -0.39 is 12.1 Å². The van der Waals surface area contributed by atoms with E-state index >= 15 is 0 Å². The lowest BCUT2D eigenvalue weighted by Gasteiger charge is -2.14. The molecule has 0 aliphatic carbocycles. The molecule has 0 unspecified atom stereocenters. The van der Waals surface area contributed by atoms with Gasteiger partial charge in [0.05, 0.1) is 28.0 Å². The van der Waals surface area contributed by atoms with Crippen LogP contribution < -0.4 is 5.32 Å². The number of rotatable bonds is 5. The van der Waals surface area contributed by atoms with Crippen LogP contribution in [-0.4, -0.2) is 27.9 Å². The minimum absolute atomic E-state index is 0.331. The van der Waals surface area contributed by atoms with Crippen molar-refractivity contribution in [3.05, 3.63) is 65.0 Å². The maximum Gasteiger partial charge on any atom is 0.338 e. The summed E-state index contributed by atoms with van der Waals surface area (Å²) < 4.78 is 5.32. The molecule has 6 heteroatoms. The van der Waals surface area contributed by atoms with Crippen LogP contribution in [0.2, 0.25) is 0 Å². The minimum atomic E-state index is -0.931. The highest BCUT2D eigenvalue weighted by molar-refractivity contribution is 5.98. The number of aryl methyl sites for hydroxylation is 3. The topological polar surface area (TPSA) is 81.2 Å². The standard InChI is InChI=1S/C22H23N3O3/c1-5-16-6-9-18(10-7-16)25-21(26)15(4)28-22(27)17-8-11-19-20(12-17)24-14(3)13(2)23-19/h6-12,15H,5H2,1-4H3,(H,25,26)/t15-/m1/s1. The zero-order valence-electron chi connectivity index (χ0n) is 16.4. The van der Waals surface area contributed by atoms with E-state index in [4.69, 9.17) is 4.74 Å². The van der Waals surface area contributed by atoms with Crippen LogP contribution >= 0.6 is 0 Å². The third kappa shape index (κ3) is 4.34. The summed E-state index contributed by atoms with van der Waals surface area (Å²) in [5.74, 6) is -0.962. The molecule has 0 radical (unpaired) electrons. The van der Waals surface area contributed by atoms with Gasteiger partial charge in [0.1, 0.15) is 0 Å². The highest BCUT2D eigenvalue weighted by Crippen LogP contribution is 2.16. The molecule has 144 valence electrons. The van der Waals surface area contributed by atoms with Gasteiger partial charge in [0.15, 0.2) is 6.10 Å². The minimum Gasteiger partial charge on any atom is -0.449 e. The molecule has 2 aromatic carbocycles. The molecule has 0 bridgehead atoms. The Labute approximate surface area is 164 Å². The van der Waals surface area contributed by atoms with Gasteiger partial charge in [-0.3, -0.25) is 4.79 Å². The SMILES string of the molecule is CCc1ccc(NC(=O)[C@@H](C)OC(=O)c2ccc3nc(C)c(C)nc3c2)cc1.